The van der Waals surface area contributed by atoms with Gasteiger partial charge in [0.2, 0.25) is 0 Å². The summed E-state index contributed by atoms with van der Waals surface area (Å²) < 4.78 is 6.05. The van der Waals surface area contributed by atoms with Gasteiger partial charge in [0.1, 0.15) is 0 Å². The van der Waals surface area contributed by atoms with Crippen LogP contribution in [0.25, 0.3) is 10.2 Å². The van der Waals surface area contributed by atoms with Gasteiger partial charge in [0.25, 0.3) is 0 Å². The van der Waals surface area contributed by atoms with Gasteiger partial charge in [-0.2, -0.15) is 0 Å². The maximum Gasteiger partial charge on any atom is 0.156 e. The van der Waals surface area contributed by atoms with Crippen molar-refractivity contribution in [3.8, 4) is 0 Å². The predicted molar refractivity (Wildman–Crippen MR) is 124 cm³/mol. The first-order valence-electron chi connectivity index (χ1n) is 7.95. The average molecular weight is 415 g/mol. The SMILES string of the molecule is CC(=N)N.CC(=S)N(C)C.CCOC(C)=S.Cc1nc2ccccc2s1. The molecule has 146 valence electrons. The number of ether oxygens (including phenoxy) is 1. The fourth-order valence-corrected chi connectivity index (χ4v) is 2.14. The van der Waals surface area contributed by atoms with E-state index < -0.39 is 0 Å². The van der Waals surface area contributed by atoms with Crippen LogP contribution in [-0.2, 0) is 4.74 Å². The van der Waals surface area contributed by atoms with Crippen molar-refractivity contribution in [3.05, 3.63) is 29.3 Å². The minimum Gasteiger partial charge on any atom is -0.488 e. The first-order valence-corrected chi connectivity index (χ1v) is 9.58. The first kappa shape index (κ1) is 26.6. The van der Waals surface area contributed by atoms with E-state index in [1.54, 1.807) is 18.3 Å². The average Bonchev–Trinajstić information content (AvgIpc) is 2.87. The summed E-state index contributed by atoms with van der Waals surface area (Å²) in [6.45, 7) is 9.82. The van der Waals surface area contributed by atoms with E-state index in [4.69, 9.17) is 28.1 Å². The molecule has 26 heavy (non-hydrogen) atoms. The van der Waals surface area contributed by atoms with Crippen molar-refractivity contribution in [1.82, 2.24) is 9.88 Å². The lowest BCUT2D eigenvalue weighted by Gasteiger charge is -2.06. The van der Waals surface area contributed by atoms with E-state index in [0.717, 1.165) is 15.5 Å². The highest BCUT2D eigenvalue weighted by Crippen LogP contribution is 2.19. The number of nitrogens with two attached hydrogens (primary N) is 1. The monoisotopic (exact) mass is 414 g/mol. The first-order chi connectivity index (χ1) is 12.0. The molecule has 0 saturated heterocycles. The molecule has 0 fully saturated rings. The van der Waals surface area contributed by atoms with Crippen LogP contribution in [0.3, 0.4) is 0 Å². The van der Waals surface area contributed by atoms with Gasteiger partial charge in [-0.1, -0.05) is 24.4 Å². The second kappa shape index (κ2) is 15.6. The molecule has 2 aromatic rings. The molecule has 0 aliphatic rings. The van der Waals surface area contributed by atoms with E-state index in [-0.39, 0.29) is 5.84 Å². The van der Waals surface area contributed by atoms with E-state index in [0.29, 0.717) is 11.7 Å². The Labute approximate surface area is 172 Å². The Morgan fingerprint density at radius 2 is 1.69 bits per heavy atom. The van der Waals surface area contributed by atoms with Gasteiger partial charge in [0.15, 0.2) is 5.05 Å². The largest absolute Gasteiger partial charge is 0.488 e. The van der Waals surface area contributed by atoms with E-state index >= 15 is 0 Å². The van der Waals surface area contributed by atoms with Crippen molar-refractivity contribution in [2.24, 2.45) is 5.73 Å². The summed E-state index contributed by atoms with van der Waals surface area (Å²) in [5.74, 6) is 0.167. The molecule has 0 aliphatic carbocycles. The molecule has 1 heterocycles. The van der Waals surface area contributed by atoms with Crippen LogP contribution in [0.2, 0.25) is 0 Å². The molecule has 0 radical (unpaired) electrons. The second-order valence-corrected chi connectivity index (χ2v) is 7.62. The number of fused-ring (bicyclic) bond motifs is 1. The van der Waals surface area contributed by atoms with E-state index in [9.17, 15) is 0 Å². The fourth-order valence-electron chi connectivity index (χ4n) is 1.19. The van der Waals surface area contributed by atoms with Crippen LogP contribution in [0.15, 0.2) is 24.3 Å². The molecule has 3 N–H and O–H groups in total. The van der Waals surface area contributed by atoms with Gasteiger partial charge in [-0.05, 0) is 52.0 Å². The number of thiocarbonyl (C=S) groups is 2. The minimum atomic E-state index is 0.167. The topological polar surface area (TPSA) is 75.2 Å². The predicted octanol–water partition coefficient (Wildman–Crippen LogP) is 4.81. The highest BCUT2D eigenvalue weighted by atomic mass is 32.1. The zero-order valence-corrected chi connectivity index (χ0v) is 19.1. The van der Waals surface area contributed by atoms with E-state index in [1.807, 2.05) is 58.0 Å². The van der Waals surface area contributed by atoms with E-state index in [1.165, 1.54) is 11.6 Å². The molecular formula is C18H30N4OS3. The summed E-state index contributed by atoms with van der Waals surface area (Å²) in [5, 5.41) is 8.04. The molecule has 0 spiro atoms. The molecule has 5 nitrogen and oxygen atoms in total. The Morgan fingerprint density at radius 1 is 1.23 bits per heavy atom. The normalized spacial score (nSPS) is 8.58. The zero-order chi connectivity index (χ0) is 20.7. The lowest BCUT2D eigenvalue weighted by Crippen LogP contribution is -2.15. The van der Waals surface area contributed by atoms with Crippen molar-refractivity contribution in [2.45, 2.75) is 34.6 Å². The third-order valence-corrected chi connectivity index (χ3v) is 3.81. The highest BCUT2D eigenvalue weighted by molar-refractivity contribution is 7.80. The van der Waals surface area contributed by atoms with Crippen LogP contribution in [0.5, 0.6) is 0 Å². The van der Waals surface area contributed by atoms with Crippen LogP contribution in [0.4, 0.5) is 0 Å². The summed E-state index contributed by atoms with van der Waals surface area (Å²) in [7, 11) is 3.87. The number of thiazole rings is 1. The van der Waals surface area contributed by atoms with Gasteiger partial charge in [0.05, 0.1) is 32.7 Å². The molecule has 0 aliphatic heterocycles. The smallest absolute Gasteiger partial charge is 0.156 e. The Bertz CT molecular complexity index is 647. The van der Waals surface area contributed by atoms with E-state index in [2.05, 4.69) is 23.3 Å². The number of nitrogens with one attached hydrogen (secondary N) is 1. The molecular weight excluding hydrogens is 384 g/mol. The quantitative estimate of drug-likeness (QED) is 0.396. The second-order valence-electron chi connectivity index (χ2n) is 5.22. The zero-order valence-electron chi connectivity index (χ0n) is 16.6. The third-order valence-electron chi connectivity index (χ3n) is 2.38. The number of nitrogens with zero attached hydrogens (tertiary/aromatic N) is 2. The van der Waals surface area contributed by atoms with Crippen LogP contribution in [-0.4, -0.2) is 46.5 Å². The molecule has 1 aromatic heterocycles. The van der Waals surface area contributed by atoms with Crippen molar-refractivity contribution in [2.75, 3.05) is 20.7 Å². The number of aryl methyl sites for hydroxylation is 1. The number of para-hydroxylation sites is 1. The standard InChI is InChI=1S/C8H7NS.C4H9NS.C4H8OS.C2H6N2/c1-6-9-7-4-2-3-5-8(7)10-6;1-4(6)5(2)3;1-3-5-4(2)6;1-2(3)4/h2-5H,1H3;1-3H3;3H2,1-2H3;1H3,(H3,3,4). The van der Waals surface area contributed by atoms with Crippen molar-refractivity contribution in [3.63, 3.8) is 0 Å². The lowest BCUT2D eigenvalue weighted by molar-refractivity contribution is 0.334. The molecule has 0 unspecified atom stereocenters. The van der Waals surface area contributed by atoms with Gasteiger partial charge < -0.3 is 15.4 Å². The van der Waals surface area contributed by atoms with Crippen LogP contribution < -0.4 is 5.73 Å². The van der Waals surface area contributed by atoms with Crippen molar-refractivity contribution in [1.29, 1.82) is 5.41 Å². The number of amidine groups is 1. The minimum absolute atomic E-state index is 0.167. The maximum atomic E-state index is 6.28. The summed E-state index contributed by atoms with van der Waals surface area (Å²) in [5.41, 5.74) is 5.81. The molecule has 8 heteroatoms. The Kier molecular flexibility index (Phi) is 16.0. The maximum absolute atomic E-state index is 6.28. The lowest BCUT2D eigenvalue weighted by atomic mass is 10.3. The molecule has 0 atom stereocenters. The van der Waals surface area contributed by atoms with Gasteiger partial charge in [-0.3, -0.25) is 5.41 Å². The number of hydrogen-bond acceptors (Lipinski definition) is 6. The van der Waals surface area contributed by atoms with Gasteiger partial charge in [0, 0.05) is 21.0 Å². The fraction of sp³-hybridized carbons (Fsp3) is 0.444. The molecule has 0 saturated carbocycles. The van der Waals surface area contributed by atoms with Crippen LogP contribution in [0, 0.1) is 12.3 Å². The Hall–Kier alpha value is -1.64. The van der Waals surface area contributed by atoms with Gasteiger partial charge in [-0.15, -0.1) is 11.3 Å². The number of benzene rings is 1. The van der Waals surface area contributed by atoms with Gasteiger partial charge in [-0.25, -0.2) is 4.98 Å². The van der Waals surface area contributed by atoms with Crippen LogP contribution in [0.1, 0.15) is 32.7 Å². The molecule has 0 amide bonds. The van der Waals surface area contributed by atoms with Crippen molar-refractivity contribution < 1.29 is 4.74 Å². The number of aromatic nitrogens is 1. The summed E-state index contributed by atoms with van der Waals surface area (Å²) in [6.07, 6.45) is 0. The number of rotatable bonds is 1. The summed E-state index contributed by atoms with van der Waals surface area (Å²) >= 11 is 11.1. The summed E-state index contributed by atoms with van der Waals surface area (Å²) in [4.78, 5) is 7.16. The highest BCUT2D eigenvalue weighted by Gasteiger charge is 1.95. The number of hydrogen-bond donors (Lipinski definition) is 2. The molecule has 1 aromatic carbocycles. The Morgan fingerprint density at radius 3 is 2.00 bits per heavy atom. The third kappa shape index (κ3) is 17.2. The Balaban J connectivity index is 0. The van der Waals surface area contributed by atoms with Crippen molar-refractivity contribution >= 4 is 61.9 Å². The molecule has 0 bridgehead atoms. The molecule has 2 rings (SSSR count). The summed E-state index contributed by atoms with van der Waals surface area (Å²) in [6, 6.07) is 8.19. The van der Waals surface area contributed by atoms with Gasteiger partial charge >= 0.3 is 0 Å². The van der Waals surface area contributed by atoms with Crippen LogP contribution >= 0.6 is 35.8 Å².